The molecule has 1 saturated heterocycles. The Hall–Kier alpha value is -1.22. The average Bonchev–Trinajstić information content (AvgIpc) is 2.71. The lowest BCUT2D eigenvalue weighted by atomic mass is 9.48. The Kier molecular flexibility index (Phi) is 3.32. The largest absolute Gasteiger partial charge is 0.508 e. The van der Waals surface area contributed by atoms with Gasteiger partial charge in [-0.3, -0.25) is 0 Å². The van der Waals surface area contributed by atoms with Crippen LogP contribution in [0.2, 0.25) is 0 Å². The van der Waals surface area contributed by atoms with E-state index in [-0.39, 0.29) is 22.1 Å². The van der Waals surface area contributed by atoms with Crippen LogP contribution in [0.1, 0.15) is 64.5 Å². The molecule has 132 valence electrons. The van der Waals surface area contributed by atoms with Crippen LogP contribution in [-0.4, -0.2) is 22.3 Å². The first-order chi connectivity index (χ1) is 11.2. The summed E-state index contributed by atoms with van der Waals surface area (Å²) in [5.41, 5.74) is 2.72. The van der Waals surface area contributed by atoms with Gasteiger partial charge in [0.05, 0.1) is 0 Å². The molecule has 1 heterocycles. The van der Waals surface area contributed by atoms with Crippen LogP contribution in [0.25, 0.3) is 0 Å². The summed E-state index contributed by atoms with van der Waals surface area (Å²) in [6.07, 6.45) is 5.76. The molecule has 4 unspecified atom stereocenters. The molecule has 0 bridgehead atoms. The van der Waals surface area contributed by atoms with Crippen molar-refractivity contribution in [2.24, 2.45) is 17.3 Å². The average molecular weight is 329 g/mol. The zero-order valence-electron chi connectivity index (χ0n) is 15.4. The Balaban J connectivity index is 1.84. The first kappa shape index (κ1) is 16.3. The molecule has 0 aromatic heterocycles. The normalized spacial score (nSPS) is 40.3. The number of phenols is 2. The lowest BCUT2D eigenvalue weighted by Crippen LogP contribution is -2.57. The van der Waals surface area contributed by atoms with Gasteiger partial charge in [0.1, 0.15) is 11.5 Å². The van der Waals surface area contributed by atoms with Gasteiger partial charge >= 0.3 is 0 Å². The molecule has 2 fully saturated rings. The Morgan fingerprint density at radius 1 is 1.04 bits per heavy atom. The van der Waals surface area contributed by atoms with Crippen molar-refractivity contribution in [3.63, 3.8) is 0 Å². The van der Waals surface area contributed by atoms with E-state index in [1.165, 1.54) is 25.3 Å². The maximum atomic E-state index is 10.6. The van der Waals surface area contributed by atoms with Gasteiger partial charge < -0.3 is 15.5 Å². The number of phenolic OH excluding ortho intramolecular Hbond substituents is 2. The lowest BCUT2D eigenvalue weighted by molar-refractivity contribution is -0.0421. The van der Waals surface area contributed by atoms with Crippen LogP contribution in [0.5, 0.6) is 11.5 Å². The summed E-state index contributed by atoms with van der Waals surface area (Å²) in [7, 11) is 0. The quantitative estimate of drug-likeness (QED) is 0.671. The molecule has 4 rings (SSSR count). The minimum Gasteiger partial charge on any atom is -0.508 e. The summed E-state index contributed by atoms with van der Waals surface area (Å²) < 4.78 is 0. The predicted octanol–water partition coefficient (Wildman–Crippen LogP) is 4.11. The summed E-state index contributed by atoms with van der Waals surface area (Å²) in [5.74, 6) is 1.67. The van der Waals surface area contributed by atoms with E-state index >= 15 is 0 Å². The van der Waals surface area contributed by atoms with Gasteiger partial charge in [0.2, 0.25) is 0 Å². The fourth-order valence-electron chi connectivity index (χ4n) is 6.92. The van der Waals surface area contributed by atoms with Crippen LogP contribution >= 0.6 is 0 Å². The van der Waals surface area contributed by atoms with Crippen LogP contribution in [0.3, 0.4) is 0 Å². The second-order valence-electron chi connectivity index (χ2n) is 9.52. The zero-order valence-corrected chi connectivity index (χ0v) is 15.4. The van der Waals surface area contributed by atoms with Crippen molar-refractivity contribution in [2.75, 3.05) is 6.54 Å². The first-order valence-corrected chi connectivity index (χ1v) is 9.49. The second kappa shape index (κ2) is 4.91. The monoisotopic (exact) mass is 329 g/mol. The zero-order chi connectivity index (χ0) is 17.3. The molecule has 2 aliphatic carbocycles. The summed E-state index contributed by atoms with van der Waals surface area (Å²) in [6, 6.07) is 3.41. The van der Waals surface area contributed by atoms with E-state index in [4.69, 9.17) is 0 Å². The van der Waals surface area contributed by atoms with Gasteiger partial charge in [0.25, 0.3) is 0 Å². The van der Waals surface area contributed by atoms with Gasteiger partial charge in [-0.25, -0.2) is 0 Å². The predicted molar refractivity (Wildman–Crippen MR) is 96.5 cm³/mol. The molecular formula is C21H31NO2. The maximum Gasteiger partial charge on any atom is 0.123 e. The van der Waals surface area contributed by atoms with E-state index in [0.29, 0.717) is 17.6 Å². The smallest absolute Gasteiger partial charge is 0.123 e. The Bertz CT molecular complexity index is 683. The molecule has 0 radical (unpaired) electrons. The third-order valence-electron chi connectivity index (χ3n) is 7.84. The molecule has 3 aliphatic rings. The van der Waals surface area contributed by atoms with Gasteiger partial charge in [-0.1, -0.05) is 13.8 Å². The molecule has 4 atom stereocenters. The van der Waals surface area contributed by atoms with Crippen molar-refractivity contribution in [3.05, 3.63) is 23.3 Å². The molecule has 1 aliphatic heterocycles. The van der Waals surface area contributed by atoms with Crippen molar-refractivity contribution < 1.29 is 10.2 Å². The summed E-state index contributed by atoms with van der Waals surface area (Å²) >= 11 is 0. The number of fused-ring (bicyclic) bond motifs is 5. The molecule has 1 saturated carbocycles. The Morgan fingerprint density at radius 3 is 2.54 bits per heavy atom. The van der Waals surface area contributed by atoms with Crippen molar-refractivity contribution in [1.29, 1.82) is 0 Å². The molecule has 3 N–H and O–H groups in total. The van der Waals surface area contributed by atoms with Crippen LogP contribution in [0.4, 0.5) is 0 Å². The highest BCUT2D eigenvalue weighted by Gasteiger charge is 2.60. The fraction of sp³-hybridized carbons (Fsp3) is 0.714. The highest BCUT2D eigenvalue weighted by Crippen LogP contribution is 2.65. The lowest BCUT2D eigenvalue weighted by Gasteiger charge is -2.57. The second-order valence-corrected chi connectivity index (χ2v) is 9.52. The van der Waals surface area contributed by atoms with Gasteiger partial charge in [-0.2, -0.15) is 0 Å². The molecule has 3 nitrogen and oxygen atoms in total. The highest BCUT2D eigenvalue weighted by atomic mass is 16.3. The van der Waals surface area contributed by atoms with Crippen molar-refractivity contribution in [1.82, 2.24) is 5.32 Å². The molecule has 1 aromatic carbocycles. The first-order valence-electron chi connectivity index (χ1n) is 9.49. The summed E-state index contributed by atoms with van der Waals surface area (Å²) in [5, 5.41) is 24.3. The third kappa shape index (κ3) is 2.00. The molecule has 24 heavy (non-hydrogen) atoms. The van der Waals surface area contributed by atoms with Crippen LogP contribution in [-0.2, 0) is 11.8 Å². The number of aromatic hydroxyl groups is 2. The van der Waals surface area contributed by atoms with Gasteiger partial charge in [-0.05, 0) is 81.4 Å². The third-order valence-corrected chi connectivity index (χ3v) is 7.84. The van der Waals surface area contributed by atoms with Gasteiger partial charge in [0, 0.05) is 22.6 Å². The number of hydrogen-bond donors (Lipinski definition) is 3. The molecular weight excluding hydrogens is 298 g/mol. The standard InChI is InChI=1S/C21H31NO2/c1-19(2)16-6-8-21(4)17(20(16,3)7-5-9-22-19)11-13-10-14(23)12-15(24)18(13)21/h10,12,16-17,22-24H,5-9,11H2,1-4H3. The topological polar surface area (TPSA) is 52.5 Å². The number of nitrogens with one attached hydrogen (secondary N) is 1. The van der Waals surface area contributed by atoms with Crippen LogP contribution < -0.4 is 5.32 Å². The summed E-state index contributed by atoms with van der Waals surface area (Å²) in [6.45, 7) is 10.7. The highest BCUT2D eigenvalue weighted by molar-refractivity contribution is 5.54. The van der Waals surface area contributed by atoms with E-state index in [1.807, 2.05) is 6.07 Å². The van der Waals surface area contributed by atoms with Crippen LogP contribution in [0.15, 0.2) is 12.1 Å². The molecule has 0 amide bonds. The van der Waals surface area contributed by atoms with E-state index in [0.717, 1.165) is 30.5 Å². The maximum absolute atomic E-state index is 10.6. The number of benzene rings is 1. The van der Waals surface area contributed by atoms with E-state index < -0.39 is 0 Å². The van der Waals surface area contributed by atoms with Crippen LogP contribution in [0, 0.1) is 17.3 Å². The molecule has 3 heteroatoms. The fourth-order valence-corrected chi connectivity index (χ4v) is 6.92. The SMILES string of the molecule is CC1(C)NCCCC2(C)C1CCC1(C)c3c(O)cc(O)cc3CC12. The summed E-state index contributed by atoms with van der Waals surface area (Å²) in [4.78, 5) is 0. The number of hydrogen-bond acceptors (Lipinski definition) is 3. The molecule has 1 aromatic rings. The molecule has 0 spiro atoms. The van der Waals surface area contributed by atoms with E-state index in [1.54, 1.807) is 0 Å². The number of rotatable bonds is 0. The van der Waals surface area contributed by atoms with Crippen molar-refractivity contribution >= 4 is 0 Å². The Labute approximate surface area is 145 Å². The van der Waals surface area contributed by atoms with Crippen molar-refractivity contribution in [3.8, 4) is 11.5 Å². The minimum atomic E-state index is 0.0266. The minimum absolute atomic E-state index is 0.0266. The van der Waals surface area contributed by atoms with Gasteiger partial charge in [-0.15, -0.1) is 0 Å². The van der Waals surface area contributed by atoms with Gasteiger partial charge in [0.15, 0.2) is 0 Å². The Morgan fingerprint density at radius 2 is 1.79 bits per heavy atom. The van der Waals surface area contributed by atoms with E-state index in [2.05, 4.69) is 33.0 Å². The van der Waals surface area contributed by atoms with E-state index in [9.17, 15) is 10.2 Å². The van der Waals surface area contributed by atoms with Crippen molar-refractivity contribution in [2.45, 2.75) is 70.8 Å².